The van der Waals surface area contributed by atoms with Gasteiger partial charge in [-0.3, -0.25) is 24.7 Å². The van der Waals surface area contributed by atoms with Gasteiger partial charge in [-0.25, -0.2) is 13.8 Å². The molecule has 0 aliphatic carbocycles. The minimum atomic E-state index is -2.76. The molecule has 3 aromatic carbocycles. The quantitative estimate of drug-likeness (QED) is 0.0370. The van der Waals surface area contributed by atoms with Gasteiger partial charge in [-0.2, -0.15) is 4.98 Å². The Balaban J connectivity index is 0.833. The number of carbonyl (C=O) groups is 3. The van der Waals surface area contributed by atoms with Crippen LogP contribution in [0.3, 0.4) is 0 Å². The molecule has 0 radical (unpaired) electrons. The molecule has 3 aliphatic heterocycles. The molecule has 5 aromatic rings. The number of aromatic nitrogens is 3. The maximum absolute atomic E-state index is 15.2. The van der Waals surface area contributed by atoms with Crippen LogP contribution in [0.2, 0.25) is 0 Å². The van der Waals surface area contributed by atoms with E-state index in [2.05, 4.69) is 78.4 Å². The standard InChI is InChI=1S/C49H58BrF2N10O5P/c1-6-28-22-40(58-49-55-26-35(50)46(60-49)57-39-12-11-38-33(45(39)68(4,5)66)9-8-30(7-2)56-38)42(67-3)25-41(28)61-20-15-31(16-21-61)53-17-18-54-47(64)29-14-19-62(27-29)32-23-36(51)44(37(52)24-32)34-10-13-43(63)59-48(34)65/h8-9,11-12,22-26,29,31,34,53H,6-7,10,13-21,27H2,1-5H3,(H,54,64)(H,59,63,65)(H2,55,57,58,60)/t29-,34-/m1/s1. The number of methoxy groups -OCH3 is 1. The maximum atomic E-state index is 15.2. The molecule has 3 amide bonds. The number of fused-ring (bicyclic) bond motifs is 1. The van der Waals surface area contributed by atoms with E-state index in [4.69, 9.17) is 14.7 Å². The smallest absolute Gasteiger partial charge is 0.234 e. The van der Waals surface area contributed by atoms with Gasteiger partial charge < -0.3 is 40.4 Å². The second-order valence-electron chi connectivity index (χ2n) is 18.0. The Labute approximate surface area is 403 Å². The summed E-state index contributed by atoms with van der Waals surface area (Å²) in [6.07, 6.45) is 5.71. The number of nitrogens with zero attached hydrogens (tertiary/aromatic N) is 5. The first-order valence-corrected chi connectivity index (χ1v) is 26.6. The number of imide groups is 1. The lowest BCUT2D eigenvalue weighted by Crippen LogP contribution is -2.45. The largest absolute Gasteiger partial charge is 0.494 e. The zero-order valence-corrected chi connectivity index (χ0v) is 41.5. The van der Waals surface area contributed by atoms with Gasteiger partial charge in [-0.15, -0.1) is 0 Å². The van der Waals surface area contributed by atoms with Crippen molar-refractivity contribution in [2.45, 2.75) is 70.8 Å². The molecule has 5 heterocycles. The van der Waals surface area contributed by atoms with Gasteiger partial charge in [0.15, 0.2) is 0 Å². The zero-order chi connectivity index (χ0) is 48.3. The fraction of sp³-hybridized carbons (Fsp3) is 0.429. The normalized spacial score (nSPS) is 17.9. The highest BCUT2D eigenvalue weighted by atomic mass is 79.9. The summed E-state index contributed by atoms with van der Waals surface area (Å²) in [4.78, 5) is 55.3. The average Bonchev–Trinajstić information content (AvgIpc) is 3.82. The lowest BCUT2D eigenvalue weighted by molar-refractivity contribution is -0.134. The van der Waals surface area contributed by atoms with E-state index in [1.54, 1.807) is 31.5 Å². The van der Waals surface area contributed by atoms with E-state index in [0.717, 1.165) is 72.3 Å². The van der Waals surface area contributed by atoms with Gasteiger partial charge in [0.25, 0.3) is 0 Å². The zero-order valence-electron chi connectivity index (χ0n) is 39.0. The topological polar surface area (TPSA) is 183 Å². The van der Waals surface area contributed by atoms with Crippen molar-refractivity contribution >= 4 is 91.5 Å². The predicted molar refractivity (Wildman–Crippen MR) is 267 cm³/mol. The number of hydrogen-bond donors (Lipinski definition) is 5. The highest BCUT2D eigenvalue weighted by molar-refractivity contribution is 9.10. The van der Waals surface area contributed by atoms with Crippen molar-refractivity contribution in [2.24, 2.45) is 5.92 Å². The molecule has 360 valence electrons. The molecule has 3 aliphatic rings. The van der Waals surface area contributed by atoms with Crippen LogP contribution < -0.4 is 46.4 Å². The number of rotatable bonds is 16. The van der Waals surface area contributed by atoms with Crippen molar-refractivity contribution in [3.05, 3.63) is 87.7 Å². The summed E-state index contributed by atoms with van der Waals surface area (Å²) in [6, 6.07) is 14.7. The fourth-order valence-corrected chi connectivity index (χ4v) is 11.3. The molecular formula is C49H58BrF2N10O5P. The molecule has 0 unspecified atom stereocenters. The molecule has 68 heavy (non-hydrogen) atoms. The number of hydrogen-bond acceptors (Lipinski definition) is 13. The Kier molecular flexibility index (Phi) is 15.0. The first-order valence-electron chi connectivity index (χ1n) is 23.2. The Morgan fingerprint density at radius 2 is 1.66 bits per heavy atom. The SMILES string of the molecule is CCc1ccc2c(P(C)(C)=O)c(Nc3nc(Nc4cc(CC)c(N5CCC(NCCNC(=O)[C@@H]6CCN(c7cc(F)c([C@H]8CCC(=O)NC8=O)c(F)c7)C6)CC5)cc4OC)ncc3Br)ccc2n1. The minimum Gasteiger partial charge on any atom is -0.494 e. The van der Waals surface area contributed by atoms with E-state index in [-0.39, 0.29) is 36.3 Å². The van der Waals surface area contributed by atoms with Crippen molar-refractivity contribution < 1.29 is 32.5 Å². The summed E-state index contributed by atoms with van der Waals surface area (Å²) in [5.74, 6) is -2.81. The minimum absolute atomic E-state index is 0.0205. The van der Waals surface area contributed by atoms with Crippen LogP contribution in [0.15, 0.2) is 59.2 Å². The van der Waals surface area contributed by atoms with Crippen LogP contribution >= 0.6 is 23.1 Å². The van der Waals surface area contributed by atoms with Crippen LogP contribution in [-0.4, -0.2) is 98.4 Å². The molecule has 0 saturated carbocycles. The third-order valence-corrected chi connectivity index (χ3v) is 15.2. The number of ether oxygens (including phenoxy) is 1. The van der Waals surface area contributed by atoms with Gasteiger partial charge in [-0.1, -0.05) is 19.9 Å². The molecule has 15 nitrogen and oxygen atoms in total. The molecule has 8 rings (SSSR count). The third kappa shape index (κ3) is 10.8. The van der Waals surface area contributed by atoms with Crippen LogP contribution in [0.25, 0.3) is 10.9 Å². The number of nitrogens with one attached hydrogen (secondary N) is 5. The summed E-state index contributed by atoms with van der Waals surface area (Å²) >= 11 is 3.60. The third-order valence-electron chi connectivity index (χ3n) is 13.1. The van der Waals surface area contributed by atoms with Gasteiger partial charge in [0.05, 0.1) is 40.3 Å². The second-order valence-corrected chi connectivity index (χ2v) is 22.0. The van der Waals surface area contributed by atoms with Crippen LogP contribution in [-0.2, 0) is 31.8 Å². The van der Waals surface area contributed by atoms with Gasteiger partial charge in [0.1, 0.15) is 30.3 Å². The van der Waals surface area contributed by atoms with E-state index in [1.165, 1.54) is 12.1 Å². The highest BCUT2D eigenvalue weighted by Gasteiger charge is 2.35. The molecule has 0 bridgehead atoms. The second kappa shape index (κ2) is 20.9. The Morgan fingerprint density at radius 3 is 2.35 bits per heavy atom. The predicted octanol–water partition coefficient (Wildman–Crippen LogP) is 7.66. The Morgan fingerprint density at radius 1 is 0.912 bits per heavy atom. The van der Waals surface area contributed by atoms with Gasteiger partial charge in [-0.05, 0) is 110 Å². The number of carbonyl (C=O) groups excluding carboxylic acids is 3. The molecular weight excluding hydrogens is 957 g/mol. The molecule has 19 heteroatoms. The van der Waals surface area contributed by atoms with Crippen molar-refractivity contribution in [3.63, 3.8) is 0 Å². The number of halogens is 3. The lowest BCUT2D eigenvalue weighted by Gasteiger charge is -2.35. The number of benzene rings is 3. The van der Waals surface area contributed by atoms with Crippen LogP contribution in [0, 0.1) is 17.6 Å². The number of amides is 3. The average molecular weight is 1020 g/mol. The fourth-order valence-electron chi connectivity index (χ4n) is 9.52. The molecule has 3 saturated heterocycles. The van der Waals surface area contributed by atoms with E-state index in [9.17, 15) is 18.9 Å². The van der Waals surface area contributed by atoms with Gasteiger partial charge in [0, 0.05) is 97.3 Å². The van der Waals surface area contributed by atoms with E-state index < -0.39 is 36.5 Å². The Hall–Kier alpha value is -5.71. The summed E-state index contributed by atoms with van der Waals surface area (Å²) in [6.45, 7) is 11.2. The monoisotopic (exact) mass is 1010 g/mol. The number of aryl methyl sites for hydroxylation is 2. The van der Waals surface area contributed by atoms with Crippen LogP contribution in [0.5, 0.6) is 5.75 Å². The van der Waals surface area contributed by atoms with E-state index >= 15 is 8.78 Å². The van der Waals surface area contributed by atoms with Crippen molar-refractivity contribution in [3.8, 4) is 5.75 Å². The number of pyridine rings is 1. The molecule has 2 aromatic heterocycles. The van der Waals surface area contributed by atoms with Crippen molar-refractivity contribution in [1.29, 1.82) is 0 Å². The Bertz CT molecular complexity index is 2760. The first-order chi connectivity index (χ1) is 32.6. The highest BCUT2D eigenvalue weighted by Crippen LogP contribution is 2.43. The van der Waals surface area contributed by atoms with Crippen LogP contribution in [0.1, 0.15) is 68.7 Å². The van der Waals surface area contributed by atoms with E-state index in [0.29, 0.717) is 71.3 Å². The number of piperidine rings is 2. The summed E-state index contributed by atoms with van der Waals surface area (Å²) in [5, 5.41) is 17.1. The summed E-state index contributed by atoms with van der Waals surface area (Å²) in [5.41, 5.74) is 5.42. The maximum Gasteiger partial charge on any atom is 0.234 e. The first kappa shape index (κ1) is 48.7. The van der Waals surface area contributed by atoms with Crippen LogP contribution in [0.4, 0.5) is 43.3 Å². The summed E-state index contributed by atoms with van der Waals surface area (Å²) in [7, 11) is -1.11. The van der Waals surface area contributed by atoms with Crippen molar-refractivity contribution in [2.75, 3.05) is 80.1 Å². The summed E-state index contributed by atoms with van der Waals surface area (Å²) < 4.78 is 50.6. The molecule has 0 spiro atoms. The molecule has 5 N–H and O–H groups in total. The van der Waals surface area contributed by atoms with E-state index in [1.807, 2.05) is 24.3 Å². The van der Waals surface area contributed by atoms with Gasteiger partial charge in [0.2, 0.25) is 23.7 Å². The lowest BCUT2D eigenvalue weighted by atomic mass is 9.89. The molecule has 2 atom stereocenters. The van der Waals surface area contributed by atoms with Gasteiger partial charge >= 0.3 is 0 Å². The molecule has 3 fully saturated rings. The van der Waals surface area contributed by atoms with Crippen molar-refractivity contribution in [1.82, 2.24) is 30.9 Å². The number of anilines is 6.